The summed E-state index contributed by atoms with van der Waals surface area (Å²) in [5.74, 6) is -28.2. The first-order chi connectivity index (χ1) is 12.2. The van der Waals surface area contributed by atoms with Gasteiger partial charge < -0.3 is 5.11 Å². The van der Waals surface area contributed by atoms with E-state index < -0.39 is 47.5 Å². The Hall–Kier alpha value is -1.59. The largest absolute Gasteiger partial charge is 0.460 e. The van der Waals surface area contributed by atoms with Gasteiger partial charge in [0.25, 0.3) is 0 Å². The third-order valence-electron chi connectivity index (χ3n) is 4.15. The van der Waals surface area contributed by atoms with Crippen LogP contribution in [-0.4, -0.2) is 35.0 Å². The molecule has 28 heavy (non-hydrogen) atoms. The highest BCUT2D eigenvalue weighted by Crippen LogP contribution is 2.58. The van der Waals surface area contributed by atoms with E-state index in [2.05, 4.69) is 0 Å². The molecule has 0 saturated carbocycles. The van der Waals surface area contributed by atoms with Gasteiger partial charge >= 0.3 is 29.9 Å². The van der Waals surface area contributed by atoms with Gasteiger partial charge in [-0.3, -0.25) is 0 Å². The SMILES string of the molecule is CCc1ccc(C(C)(O)CC(F)(F)C(F)(F)C(F)(F)C(F)(F)C(F)(F)F)cc1. The molecule has 1 nitrogen and oxygen atoms in total. The van der Waals surface area contributed by atoms with E-state index in [0.717, 1.165) is 12.1 Å². The molecule has 0 bridgehead atoms. The summed E-state index contributed by atoms with van der Waals surface area (Å²) in [6.07, 6.45) is -9.29. The van der Waals surface area contributed by atoms with Crippen LogP contribution in [0.15, 0.2) is 24.3 Å². The lowest BCUT2D eigenvalue weighted by Gasteiger charge is -2.39. The summed E-state index contributed by atoms with van der Waals surface area (Å²) in [4.78, 5) is 0. The maximum atomic E-state index is 13.9. The lowest BCUT2D eigenvalue weighted by molar-refractivity contribution is -0.424. The van der Waals surface area contributed by atoms with Crippen molar-refractivity contribution >= 4 is 0 Å². The fourth-order valence-corrected chi connectivity index (χ4v) is 2.35. The van der Waals surface area contributed by atoms with E-state index in [4.69, 9.17) is 0 Å². The minimum atomic E-state index is -7.48. The molecule has 0 fully saturated rings. The third-order valence-corrected chi connectivity index (χ3v) is 4.15. The molecule has 12 heteroatoms. The Morgan fingerprint density at radius 2 is 1.14 bits per heavy atom. The van der Waals surface area contributed by atoms with Crippen LogP contribution in [0.1, 0.15) is 31.4 Å². The molecule has 0 amide bonds. The highest BCUT2D eigenvalue weighted by Gasteiger charge is 2.87. The molecule has 0 saturated heterocycles. The second kappa shape index (κ2) is 7.03. The number of hydrogen-bond acceptors (Lipinski definition) is 1. The van der Waals surface area contributed by atoms with Crippen molar-refractivity contribution in [3.8, 4) is 0 Å². The number of alkyl halides is 11. The molecule has 0 aliphatic heterocycles. The molecule has 0 radical (unpaired) electrons. The Bertz CT molecular complexity index is 675. The molecule has 1 unspecified atom stereocenters. The van der Waals surface area contributed by atoms with Gasteiger partial charge in [-0.1, -0.05) is 31.2 Å². The Labute approximate surface area is 152 Å². The van der Waals surface area contributed by atoms with Crippen LogP contribution in [0.4, 0.5) is 48.3 Å². The molecule has 0 aliphatic carbocycles. The molecule has 0 aliphatic rings. The van der Waals surface area contributed by atoms with Gasteiger partial charge in [0.2, 0.25) is 0 Å². The topological polar surface area (TPSA) is 20.2 Å². The van der Waals surface area contributed by atoms with Gasteiger partial charge in [0.05, 0.1) is 12.0 Å². The summed E-state index contributed by atoms with van der Waals surface area (Å²) in [7, 11) is 0. The summed E-state index contributed by atoms with van der Waals surface area (Å²) in [6, 6.07) is 4.62. The van der Waals surface area contributed by atoms with Crippen molar-refractivity contribution in [3.05, 3.63) is 35.4 Å². The normalized spacial score (nSPS) is 16.8. The fraction of sp³-hybridized carbons (Fsp3) is 0.625. The van der Waals surface area contributed by atoms with Crippen LogP contribution in [0, 0.1) is 0 Å². The van der Waals surface area contributed by atoms with Crippen LogP contribution in [0.5, 0.6) is 0 Å². The van der Waals surface area contributed by atoms with E-state index in [1.165, 1.54) is 12.1 Å². The second-order valence-electron chi connectivity index (χ2n) is 6.43. The molecule has 0 aromatic heterocycles. The number of benzene rings is 1. The van der Waals surface area contributed by atoms with Crippen LogP contribution in [-0.2, 0) is 12.0 Å². The number of aliphatic hydroxyl groups is 1. The first-order valence-corrected chi connectivity index (χ1v) is 7.64. The van der Waals surface area contributed by atoms with Crippen LogP contribution < -0.4 is 0 Å². The first kappa shape index (κ1) is 24.4. The summed E-state index contributed by atoms with van der Waals surface area (Å²) in [5, 5.41) is 10.0. The fourth-order valence-electron chi connectivity index (χ4n) is 2.35. The molecule has 1 aromatic carbocycles. The molecule has 1 rings (SSSR count). The molecule has 1 aromatic rings. The number of hydrogen-bond donors (Lipinski definition) is 1. The minimum Gasteiger partial charge on any atom is -0.385 e. The maximum absolute atomic E-state index is 13.9. The average molecular weight is 432 g/mol. The Morgan fingerprint density at radius 3 is 1.50 bits per heavy atom. The van der Waals surface area contributed by atoms with E-state index in [9.17, 15) is 53.4 Å². The number of aryl methyl sites for hydroxylation is 1. The highest BCUT2D eigenvalue weighted by atomic mass is 19.4. The average Bonchev–Trinajstić information content (AvgIpc) is 2.52. The summed E-state index contributed by atoms with van der Waals surface area (Å²) in [6.45, 7) is 2.21. The predicted octanol–water partition coefficient (Wildman–Crippen LogP) is 5.95. The Balaban J connectivity index is 3.31. The van der Waals surface area contributed by atoms with Crippen molar-refractivity contribution in [2.24, 2.45) is 0 Å². The molecule has 1 N–H and O–H groups in total. The molecule has 0 heterocycles. The van der Waals surface area contributed by atoms with E-state index in [1.807, 2.05) is 0 Å². The highest BCUT2D eigenvalue weighted by molar-refractivity contribution is 5.27. The molecular formula is C16H15F11O. The van der Waals surface area contributed by atoms with Gasteiger partial charge in [0.15, 0.2) is 0 Å². The minimum absolute atomic E-state index is 0.453. The second-order valence-corrected chi connectivity index (χ2v) is 6.43. The van der Waals surface area contributed by atoms with Crippen molar-refractivity contribution < 1.29 is 53.4 Å². The summed E-state index contributed by atoms with van der Waals surface area (Å²) in [5.41, 5.74) is -2.76. The van der Waals surface area contributed by atoms with E-state index >= 15 is 0 Å². The van der Waals surface area contributed by atoms with Crippen molar-refractivity contribution in [1.82, 2.24) is 0 Å². The van der Waals surface area contributed by atoms with Crippen molar-refractivity contribution in [3.63, 3.8) is 0 Å². The first-order valence-electron chi connectivity index (χ1n) is 7.64. The van der Waals surface area contributed by atoms with Gasteiger partial charge in [0, 0.05) is 0 Å². The van der Waals surface area contributed by atoms with Gasteiger partial charge in [-0.15, -0.1) is 0 Å². The Kier molecular flexibility index (Phi) is 6.14. The molecule has 162 valence electrons. The summed E-state index contributed by atoms with van der Waals surface area (Å²) >= 11 is 0. The standard InChI is InChI=1S/C16H15F11O/c1-3-9-4-6-10(7-5-9)11(2,28)8-12(17,18)13(19,20)14(21,22)15(23,24)16(25,26)27/h4-7,28H,3,8H2,1-2H3. The predicted molar refractivity (Wildman–Crippen MR) is 75.9 cm³/mol. The van der Waals surface area contributed by atoms with Crippen molar-refractivity contribution in [2.75, 3.05) is 0 Å². The van der Waals surface area contributed by atoms with Crippen LogP contribution >= 0.6 is 0 Å². The zero-order valence-electron chi connectivity index (χ0n) is 14.3. The zero-order chi connectivity index (χ0) is 22.4. The van der Waals surface area contributed by atoms with Crippen LogP contribution in [0.25, 0.3) is 0 Å². The quantitative estimate of drug-likeness (QED) is 0.528. The van der Waals surface area contributed by atoms with E-state index in [0.29, 0.717) is 18.9 Å². The monoisotopic (exact) mass is 432 g/mol. The number of rotatable bonds is 7. The van der Waals surface area contributed by atoms with E-state index in [1.54, 1.807) is 6.92 Å². The van der Waals surface area contributed by atoms with Gasteiger partial charge in [-0.05, 0) is 24.5 Å². The zero-order valence-corrected chi connectivity index (χ0v) is 14.3. The molecule has 1 atom stereocenters. The van der Waals surface area contributed by atoms with Gasteiger partial charge in [-0.25, -0.2) is 0 Å². The van der Waals surface area contributed by atoms with E-state index in [-0.39, 0.29) is 0 Å². The van der Waals surface area contributed by atoms with Crippen LogP contribution in [0.3, 0.4) is 0 Å². The van der Waals surface area contributed by atoms with Crippen molar-refractivity contribution in [1.29, 1.82) is 0 Å². The van der Waals surface area contributed by atoms with Crippen molar-refractivity contribution in [2.45, 2.75) is 62.2 Å². The Morgan fingerprint density at radius 1 is 0.714 bits per heavy atom. The maximum Gasteiger partial charge on any atom is 0.460 e. The lowest BCUT2D eigenvalue weighted by Crippen LogP contribution is -2.67. The lowest BCUT2D eigenvalue weighted by atomic mass is 9.85. The smallest absolute Gasteiger partial charge is 0.385 e. The third kappa shape index (κ3) is 3.92. The molecule has 0 spiro atoms. The van der Waals surface area contributed by atoms with Crippen LogP contribution in [0.2, 0.25) is 0 Å². The summed E-state index contributed by atoms with van der Waals surface area (Å²) < 4.78 is 143. The number of halogens is 11. The molecular weight excluding hydrogens is 417 g/mol. The van der Waals surface area contributed by atoms with Gasteiger partial charge in [-0.2, -0.15) is 48.3 Å². The van der Waals surface area contributed by atoms with Gasteiger partial charge in [0.1, 0.15) is 0 Å².